The number of hydrogen-bond acceptors (Lipinski definition) is 4. The topological polar surface area (TPSA) is 79.8 Å². The van der Waals surface area contributed by atoms with E-state index in [-0.39, 0.29) is 31.7 Å². The molecule has 1 atom stereocenters. The highest BCUT2D eigenvalue weighted by Gasteiger charge is 2.63. The number of rotatable bonds is 7. The number of nitrogens with one attached hydrogen (secondary N) is 1. The normalized spacial score (nSPS) is 16.9. The number of carbonyl (C=O) groups excluding carboxylic acids is 1. The third kappa shape index (κ3) is 4.74. The van der Waals surface area contributed by atoms with Crippen LogP contribution in [0.1, 0.15) is 30.9 Å². The van der Waals surface area contributed by atoms with E-state index in [1.165, 1.54) is 0 Å². The highest BCUT2D eigenvalue weighted by Crippen LogP contribution is 2.47. The average Bonchev–Trinajstić information content (AvgIpc) is 3.24. The van der Waals surface area contributed by atoms with Gasteiger partial charge < -0.3 is 11.1 Å². The number of carbonyl (C=O) groups is 1. The molecule has 0 unspecified atom stereocenters. The van der Waals surface area contributed by atoms with E-state index < -0.39 is 17.9 Å². The molecule has 9 heteroatoms. The second-order valence-electron chi connectivity index (χ2n) is 5.33. The monoisotopic (exact) mass is 392 g/mol. The molecule has 3 N–H and O–H groups in total. The van der Waals surface area contributed by atoms with Crippen LogP contribution in [0.2, 0.25) is 0 Å². The first-order valence-corrected chi connectivity index (χ1v) is 7.81. The summed E-state index contributed by atoms with van der Waals surface area (Å²) in [5, 5.41) is 8.73. The van der Waals surface area contributed by atoms with Crippen molar-refractivity contribution >= 4 is 21.8 Å². The standard InChI is InChI=1S/C14H16BrF3N4O/c15-10-4-1-3-9(7-10)11(19)8-12(23)20-6-2-5-13(21-22-13)14(16,17)18/h1,3-4,7,11H,2,5-6,8,19H2,(H,20,23)/t11-/m1/s1. The lowest BCUT2D eigenvalue weighted by atomic mass is 10.0. The Bertz CT molecular complexity index is 600. The van der Waals surface area contributed by atoms with E-state index in [0.717, 1.165) is 10.0 Å². The lowest BCUT2D eigenvalue weighted by Crippen LogP contribution is -2.34. The quantitative estimate of drug-likeness (QED) is 0.696. The van der Waals surface area contributed by atoms with Gasteiger partial charge in [0.05, 0.1) is 0 Å². The van der Waals surface area contributed by atoms with Gasteiger partial charge in [0.25, 0.3) is 5.66 Å². The van der Waals surface area contributed by atoms with Crippen molar-refractivity contribution in [1.29, 1.82) is 0 Å². The molecular formula is C14H16BrF3N4O. The zero-order chi connectivity index (χ0) is 17.1. The fourth-order valence-corrected chi connectivity index (χ4v) is 2.52. The first kappa shape index (κ1) is 17.9. The van der Waals surface area contributed by atoms with Crippen molar-refractivity contribution in [3.8, 4) is 0 Å². The Labute approximate surface area is 139 Å². The highest BCUT2D eigenvalue weighted by atomic mass is 79.9. The number of nitrogens with zero attached hydrogens (tertiary/aromatic N) is 2. The lowest BCUT2D eigenvalue weighted by molar-refractivity contribution is -0.165. The first-order chi connectivity index (χ1) is 10.7. The minimum absolute atomic E-state index is 0.0651. The molecule has 0 bridgehead atoms. The van der Waals surface area contributed by atoms with Gasteiger partial charge in [-0.2, -0.15) is 13.2 Å². The number of benzene rings is 1. The van der Waals surface area contributed by atoms with Gasteiger partial charge in [0.2, 0.25) is 5.91 Å². The van der Waals surface area contributed by atoms with Crippen molar-refractivity contribution < 1.29 is 18.0 Å². The van der Waals surface area contributed by atoms with Gasteiger partial charge in [-0.05, 0) is 24.1 Å². The molecule has 1 aliphatic heterocycles. The van der Waals surface area contributed by atoms with Crippen LogP contribution in [0, 0.1) is 0 Å². The highest BCUT2D eigenvalue weighted by molar-refractivity contribution is 9.10. The Kier molecular flexibility index (Phi) is 5.41. The van der Waals surface area contributed by atoms with E-state index in [9.17, 15) is 18.0 Å². The molecule has 0 spiro atoms. The Morgan fingerprint density at radius 2 is 2.09 bits per heavy atom. The Morgan fingerprint density at radius 3 is 2.65 bits per heavy atom. The van der Waals surface area contributed by atoms with Gasteiger partial charge in [-0.25, -0.2) is 0 Å². The molecule has 126 valence electrons. The minimum atomic E-state index is -4.46. The summed E-state index contributed by atoms with van der Waals surface area (Å²) in [5.74, 6) is -0.303. The molecule has 2 rings (SSSR count). The number of alkyl halides is 3. The molecule has 1 aromatic rings. The predicted octanol–water partition coefficient (Wildman–Crippen LogP) is 3.46. The third-order valence-corrected chi connectivity index (χ3v) is 4.00. The van der Waals surface area contributed by atoms with E-state index in [1.54, 1.807) is 0 Å². The van der Waals surface area contributed by atoms with Crippen LogP contribution in [-0.2, 0) is 4.79 Å². The van der Waals surface area contributed by atoms with Crippen LogP contribution in [-0.4, -0.2) is 24.3 Å². The Hall–Kier alpha value is -1.48. The number of amides is 1. The summed E-state index contributed by atoms with van der Waals surface area (Å²) in [6, 6.07) is 6.83. The van der Waals surface area contributed by atoms with Gasteiger partial charge in [-0.3, -0.25) is 4.79 Å². The molecule has 0 radical (unpaired) electrons. The van der Waals surface area contributed by atoms with Crippen molar-refractivity contribution in [2.45, 2.75) is 37.1 Å². The van der Waals surface area contributed by atoms with Crippen molar-refractivity contribution in [3.05, 3.63) is 34.3 Å². The summed E-state index contributed by atoms with van der Waals surface area (Å²) >= 11 is 3.32. The molecule has 0 fully saturated rings. The number of nitrogens with two attached hydrogens (primary N) is 1. The van der Waals surface area contributed by atoms with E-state index in [4.69, 9.17) is 5.73 Å². The van der Waals surface area contributed by atoms with Crippen molar-refractivity contribution in [1.82, 2.24) is 5.32 Å². The second kappa shape index (κ2) is 6.96. The van der Waals surface area contributed by atoms with Crippen LogP contribution in [0.3, 0.4) is 0 Å². The summed E-state index contributed by atoms with van der Waals surface area (Å²) in [5.41, 5.74) is 4.51. The minimum Gasteiger partial charge on any atom is -0.356 e. The SMILES string of the molecule is N[C@H](CC(=O)NCCCC1(C(F)(F)F)N=N1)c1cccc(Br)c1. The molecular weight excluding hydrogens is 377 g/mol. The van der Waals surface area contributed by atoms with Crippen LogP contribution in [0.15, 0.2) is 39.0 Å². The van der Waals surface area contributed by atoms with Crippen molar-refractivity contribution in [2.24, 2.45) is 16.0 Å². The van der Waals surface area contributed by atoms with Gasteiger partial charge >= 0.3 is 6.18 Å². The molecule has 1 heterocycles. The maximum Gasteiger partial charge on any atom is 0.437 e. The smallest absolute Gasteiger partial charge is 0.356 e. The molecule has 0 saturated carbocycles. The van der Waals surface area contributed by atoms with Gasteiger partial charge in [0, 0.05) is 29.9 Å². The molecule has 0 aliphatic carbocycles. The van der Waals surface area contributed by atoms with Crippen LogP contribution in [0.5, 0.6) is 0 Å². The summed E-state index contributed by atoms with van der Waals surface area (Å²) in [6.07, 6.45) is -4.51. The van der Waals surface area contributed by atoms with Gasteiger partial charge in [0.15, 0.2) is 0 Å². The number of halogens is 4. The third-order valence-electron chi connectivity index (χ3n) is 3.50. The van der Waals surface area contributed by atoms with Crippen LogP contribution in [0.4, 0.5) is 13.2 Å². The fourth-order valence-electron chi connectivity index (χ4n) is 2.11. The van der Waals surface area contributed by atoms with Crippen LogP contribution in [0.25, 0.3) is 0 Å². The Morgan fingerprint density at radius 1 is 1.39 bits per heavy atom. The molecule has 1 aliphatic rings. The lowest BCUT2D eigenvalue weighted by Gasteiger charge is -2.15. The summed E-state index contributed by atoms with van der Waals surface area (Å²) in [7, 11) is 0. The maximum absolute atomic E-state index is 12.6. The van der Waals surface area contributed by atoms with Gasteiger partial charge in [-0.15, -0.1) is 10.2 Å². The van der Waals surface area contributed by atoms with Gasteiger partial charge in [0.1, 0.15) is 0 Å². The van der Waals surface area contributed by atoms with Crippen LogP contribution >= 0.6 is 15.9 Å². The Balaban J connectivity index is 1.70. The molecule has 0 saturated heterocycles. The van der Waals surface area contributed by atoms with E-state index in [1.807, 2.05) is 24.3 Å². The summed E-state index contributed by atoms with van der Waals surface area (Å²) in [6.45, 7) is 0.132. The fraction of sp³-hybridized carbons (Fsp3) is 0.500. The maximum atomic E-state index is 12.6. The zero-order valence-electron chi connectivity index (χ0n) is 12.1. The second-order valence-corrected chi connectivity index (χ2v) is 6.25. The molecule has 23 heavy (non-hydrogen) atoms. The largest absolute Gasteiger partial charge is 0.437 e. The summed E-state index contributed by atoms with van der Waals surface area (Å²) < 4.78 is 38.6. The average molecular weight is 393 g/mol. The molecule has 1 aromatic carbocycles. The zero-order valence-corrected chi connectivity index (χ0v) is 13.7. The van der Waals surface area contributed by atoms with Crippen molar-refractivity contribution in [2.75, 3.05) is 6.54 Å². The predicted molar refractivity (Wildman–Crippen MR) is 81.6 cm³/mol. The molecule has 5 nitrogen and oxygen atoms in total. The summed E-state index contributed by atoms with van der Waals surface area (Å²) in [4.78, 5) is 11.8. The number of hydrogen-bond donors (Lipinski definition) is 2. The van der Waals surface area contributed by atoms with E-state index in [2.05, 4.69) is 31.5 Å². The van der Waals surface area contributed by atoms with Gasteiger partial charge in [-0.1, -0.05) is 28.1 Å². The van der Waals surface area contributed by atoms with Crippen LogP contribution < -0.4 is 11.1 Å². The van der Waals surface area contributed by atoms with E-state index >= 15 is 0 Å². The molecule has 0 aromatic heterocycles. The molecule has 1 amide bonds. The first-order valence-electron chi connectivity index (χ1n) is 7.02. The van der Waals surface area contributed by atoms with E-state index in [0.29, 0.717) is 0 Å². The van der Waals surface area contributed by atoms with Crippen molar-refractivity contribution in [3.63, 3.8) is 0 Å².